The van der Waals surface area contributed by atoms with Crippen molar-refractivity contribution in [1.29, 1.82) is 0 Å². The summed E-state index contributed by atoms with van der Waals surface area (Å²) in [5.74, 6) is 4.86. The summed E-state index contributed by atoms with van der Waals surface area (Å²) < 4.78 is 48.3. The fraction of sp³-hybridized carbons (Fsp3) is 0. The third-order valence-corrected chi connectivity index (χ3v) is 30.1. The predicted octanol–water partition coefficient (Wildman–Crippen LogP) is 30.7. The second-order valence-electron chi connectivity index (χ2n) is 34.7. The van der Waals surface area contributed by atoms with Crippen molar-refractivity contribution in [1.82, 2.24) is 0 Å². The molecule has 0 spiro atoms. The Morgan fingerprint density at radius 1 is 0.223 bits per heavy atom. The minimum atomic E-state index is -0.441. The number of rotatable bonds is 7. The Morgan fingerprint density at radius 2 is 0.731 bits per heavy atom. The molecule has 24 aromatic rings. The lowest BCUT2D eigenvalue weighted by Crippen LogP contribution is -2.61. The second-order valence-corrected chi connectivity index (χ2v) is 36.9. The van der Waals surface area contributed by atoms with E-state index in [4.69, 9.17) is 27.8 Å². The monoisotopic (exact) mass is 1690 g/mol. The Bertz CT molecular complexity index is 9140. The van der Waals surface area contributed by atoms with Gasteiger partial charge in [-0.25, -0.2) is 0 Å². The van der Waals surface area contributed by atoms with Gasteiger partial charge in [0.1, 0.15) is 16.7 Å². The molecule has 602 valence electrons. The van der Waals surface area contributed by atoms with Crippen LogP contribution in [0.15, 0.2) is 397 Å². The fourth-order valence-corrected chi connectivity index (χ4v) is 24.5. The molecular weight excluding hydrogens is 1630 g/mol. The van der Waals surface area contributed by atoms with Crippen LogP contribution in [0.1, 0.15) is 0 Å². The number of furan rings is 2. The van der Waals surface area contributed by atoms with Crippen molar-refractivity contribution >= 4 is 221 Å². The van der Waals surface area contributed by atoms with Crippen LogP contribution in [0.2, 0.25) is 0 Å². The molecule has 130 heavy (non-hydrogen) atoms. The van der Waals surface area contributed by atoms with E-state index in [0.717, 1.165) is 189 Å². The van der Waals surface area contributed by atoms with Gasteiger partial charge in [-0.1, -0.05) is 249 Å². The van der Waals surface area contributed by atoms with E-state index in [1.54, 1.807) is 0 Å². The summed E-state index contributed by atoms with van der Waals surface area (Å²) in [6.45, 7) is -0.775. The minimum absolute atomic E-state index is 0.334. The summed E-state index contributed by atoms with van der Waals surface area (Å²) in [5, 5.41) is 13.6. The van der Waals surface area contributed by atoms with E-state index in [-0.39, 0.29) is 6.85 Å². The largest absolute Gasteiger partial charge is 0.455 e. The van der Waals surface area contributed by atoms with Crippen LogP contribution in [0.25, 0.3) is 161 Å². The van der Waals surface area contributed by atoms with E-state index in [1.807, 2.05) is 46.9 Å². The van der Waals surface area contributed by atoms with E-state index in [9.17, 15) is 0 Å². The third kappa shape index (κ3) is 10.0. The Kier molecular flexibility index (Phi) is 14.4. The Morgan fingerprint density at radius 3 is 1.47 bits per heavy atom. The molecule has 0 fully saturated rings. The molecule has 0 amide bonds. The molecule has 30 rings (SSSR count). The average Bonchev–Trinajstić information content (AvgIpc) is 1.19. The zero-order valence-corrected chi connectivity index (χ0v) is 70.8. The highest BCUT2D eigenvalue weighted by Crippen LogP contribution is 2.60. The van der Waals surface area contributed by atoms with Crippen molar-refractivity contribution in [3.05, 3.63) is 388 Å². The number of benzene rings is 20. The number of nitrogens with zero attached hydrogens (tertiary/aromatic N) is 4. The lowest BCUT2D eigenvalue weighted by Gasteiger charge is -2.46. The van der Waals surface area contributed by atoms with Crippen molar-refractivity contribution in [3.63, 3.8) is 0 Å². The maximum absolute atomic E-state index is 7.48. The topological polar surface area (TPSA) is 76.2 Å². The van der Waals surface area contributed by atoms with E-state index >= 15 is 0 Å². The summed E-state index contributed by atoms with van der Waals surface area (Å²) >= 11 is 3.71. The average molecular weight is 1700 g/mol. The highest BCUT2D eigenvalue weighted by Gasteiger charge is 2.51. The molecular formula is C116H64B2N4O6S2. The summed E-state index contributed by atoms with van der Waals surface area (Å²) in [7, 11) is 0. The lowest BCUT2D eigenvalue weighted by molar-refractivity contribution is 0.359. The molecule has 0 saturated heterocycles. The molecule has 0 N–H and O–H groups in total. The zero-order chi connectivity index (χ0) is 84.4. The first-order valence-corrected chi connectivity index (χ1v) is 45.7. The van der Waals surface area contributed by atoms with Crippen molar-refractivity contribution in [2.45, 2.75) is 0 Å². The number of hydrogen-bond donors (Lipinski definition) is 0. The van der Waals surface area contributed by atoms with Gasteiger partial charge in [0.05, 0.1) is 11.4 Å². The maximum Gasteiger partial charge on any atom is 0.333 e. The smallest absolute Gasteiger partial charge is 0.333 e. The number of hydrogen-bond acceptors (Lipinski definition) is 12. The van der Waals surface area contributed by atoms with Gasteiger partial charge in [-0.3, -0.25) is 0 Å². The Balaban J connectivity index is 0.606. The van der Waals surface area contributed by atoms with Gasteiger partial charge in [0, 0.05) is 142 Å². The molecule has 10 nitrogen and oxygen atoms in total. The zero-order valence-electron chi connectivity index (χ0n) is 69.2. The normalized spacial score (nSPS) is 13.5. The standard InChI is InChI=1S/C116H64B2N4O6S2/c1-3-20-65(21-4-1)67-38-44-71(45-39-67)121-91-53-52-77-75(30-19-31-83(77)109(91)88-59-86-78-26-9-14-33-96(78)128-116(86)114-111(88)117(121)89-60-85-81-29-12-18-37-106(81)130-108(85)64-93(89)120(114)74-48-51-82-80-28-11-17-36-105(80)129-107(82)58-74)70-43-54-99-101(56-70)126-102-57-73(49-55-100(102)123-99)119-92-63-104-103(124-97-34-15-16-35-98(97)125-104)62-90(92)118-112-94(119)61-87-79-27-10-13-32-95(79)127-115(87)110(112)84-50-42-69-24-7-8-25-76(69)113(84)122(118)72-46-40-68(41-47-72)66-22-5-2-6-23-66/h1-64H. The number of ether oxygens (including phenoxy) is 4. The Hall–Kier alpha value is -16.5. The molecule has 0 aliphatic carbocycles. The maximum atomic E-state index is 7.48. The lowest BCUT2D eigenvalue weighted by atomic mass is 9.43. The first-order valence-electron chi connectivity index (χ1n) is 44.1. The number of fused-ring (bicyclic) bond motifs is 30. The molecule has 14 heteroatoms. The third-order valence-electron chi connectivity index (χ3n) is 27.9. The van der Waals surface area contributed by atoms with Gasteiger partial charge < -0.3 is 47.2 Å². The highest BCUT2D eigenvalue weighted by atomic mass is 32.1. The molecule has 0 atom stereocenters. The molecule has 0 bridgehead atoms. The van der Waals surface area contributed by atoms with Gasteiger partial charge >= 0.3 is 13.7 Å². The molecule has 20 aromatic carbocycles. The van der Waals surface area contributed by atoms with E-state index in [1.165, 1.54) is 51.3 Å². The first-order chi connectivity index (χ1) is 64.4. The van der Waals surface area contributed by atoms with E-state index < -0.39 is 6.85 Å². The first kappa shape index (κ1) is 70.7. The summed E-state index contributed by atoms with van der Waals surface area (Å²) in [5.41, 5.74) is 29.0. The van der Waals surface area contributed by atoms with Crippen LogP contribution < -0.4 is 60.2 Å². The van der Waals surface area contributed by atoms with Gasteiger partial charge in [0.25, 0.3) is 0 Å². The Labute approximate surface area is 752 Å². The van der Waals surface area contributed by atoms with E-state index in [2.05, 4.69) is 383 Å². The second kappa shape index (κ2) is 26.5. The minimum Gasteiger partial charge on any atom is -0.455 e. The van der Waals surface area contributed by atoms with Crippen LogP contribution >= 0.6 is 22.7 Å². The van der Waals surface area contributed by atoms with Gasteiger partial charge in [0.2, 0.25) is 0 Å². The van der Waals surface area contributed by atoms with Gasteiger partial charge in [0.15, 0.2) is 51.6 Å². The molecule has 0 unspecified atom stereocenters. The van der Waals surface area contributed by atoms with Crippen LogP contribution in [0.4, 0.5) is 56.9 Å². The van der Waals surface area contributed by atoms with Gasteiger partial charge in [-0.15, -0.1) is 22.7 Å². The van der Waals surface area contributed by atoms with Crippen LogP contribution in [0.3, 0.4) is 0 Å². The van der Waals surface area contributed by atoms with Crippen LogP contribution in [-0.2, 0) is 0 Å². The van der Waals surface area contributed by atoms with Gasteiger partial charge in [-0.05, 0) is 204 Å². The number of thiophene rings is 2. The van der Waals surface area contributed by atoms with Crippen molar-refractivity contribution < 1.29 is 27.8 Å². The SMILES string of the molecule is c1ccc(-c2ccc(N3B4c5cc6c(cc5N(c5ccc7c(c5)sc5ccccc57)c5c4c(cc4c5oc5ccccc54)-c4c3ccc3c(-c5ccc7c(c5)Oc5cc(N8c9cc%10c(cc9B9c%11c8cc8c(oc%12ccccc%128)c%11-c8ccc%11ccccc%11c8N9c8ccc(-c9ccccc9)cc8)Oc8ccccc8O%10)ccc5O7)cccc43)sc3ccccc36)cc2)cc1. The molecule has 4 aromatic heterocycles. The molecule has 6 aliphatic rings. The molecule has 6 aliphatic heterocycles. The summed E-state index contributed by atoms with van der Waals surface area (Å²) in [6, 6.07) is 141. The molecule has 0 saturated carbocycles. The van der Waals surface area contributed by atoms with Crippen molar-refractivity contribution in [2.75, 3.05) is 19.4 Å². The summed E-state index contributed by atoms with van der Waals surface area (Å²) in [4.78, 5) is 10.2. The molecule has 0 radical (unpaired) electrons. The van der Waals surface area contributed by atoms with Crippen LogP contribution in [0.5, 0.6) is 46.0 Å². The van der Waals surface area contributed by atoms with Crippen molar-refractivity contribution in [2.24, 2.45) is 0 Å². The van der Waals surface area contributed by atoms with Crippen molar-refractivity contribution in [3.8, 4) is 102 Å². The predicted molar refractivity (Wildman–Crippen MR) is 539 cm³/mol. The summed E-state index contributed by atoms with van der Waals surface area (Å²) in [6.07, 6.45) is 0. The van der Waals surface area contributed by atoms with E-state index in [0.29, 0.717) is 46.0 Å². The van der Waals surface area contributed by atoms with Crippen LogP contribution in [-0.4, -0.2) is 13.7 Å². The fourth-order valence-electron chi connectivity index (χ4n) is 22.2. The quantitative estimate of drug-likeness (QED) is 0.144. The molecule has 10 heterocycles. The van der Waals surface area contributed by atoms with Gasteiger partial charge in [-0.2, -0.15) is 0 Å². The van der Waals surface area contributed by atoms with Crippen LogP contribution in [0, 0.1) is 0 Å². The highest BCUT2D eigenvalue weighted by molar-refractivity contribution is 7.26. The number of para-hydroxylation sites is 4. The number of anilines is 10.